The number of hydrogen-bond donors (Lipinski definition) is 2. The summed E-state index contributed by atoms with van der Waals surface area (Å²) in [5.41, 5.74) is -0.281. The number of carbonyl (C=O) groups is 2. The van der Waals surface area contributed by atoms with Crippen LogP contribution in [0, 0.1) is 0 Å². The number of urea groups is 1. The van der Waals surface area contributed by atoms with Crippen LogP contribution in [0.15, 0.2) is 18.2 Å². The fraction of sp³-hybridized carbons (Fsp3) is 0.333. The molecule has 1 aromatic carbocycles. The smallest absolute Gasteiger partial charge is 0.481 e. The van der Waals surface area contributed by atoms with E-state index in [1.54, 1.807) is 0 Å². The number of carboxylic acids is 1. The van der Waals surface area contributed by atoms with E-state index in [4.69, 9.17) is 16.7 Å². The first kappa shape index (κ1) is 17.9. The molecule has 22 heavy (non-hydrogen) atoms. The van der Waals surface area contributed by atoms with Gasteiger partial charge in [-0.1, -0.05) is 11.6 Å². The van der Waals surface area contributed by atoms with Gasteiger partial charge in [0.05, 0.1) is 12.1 Å². The molecule has 0 heterocycles. The van der Waals surface area contributed by atoms with Crippen molar-refractivity contribution in [1.29, 1.82) is 0 Å². The van der Waals surface area contributed by atoms with Gasteiger partial charge in [0.25, 0.3) is 0 Å². The average Bonchev–Trinajstić information content (AvgIpc) is 2.37. The van der Waals surface area contributed by atoms with Crippen LogP contribution in [0.5, 0.6) is 5.75 Å². The lowest BCUT2D eigenvalue weighted by molar-refractivity contribution is -0.274. The Balaban J connectivity index is 2.84. The van der Waals surface area contributed by atoms with Gasteiger partial charge in [0.15, 0.2) is 5.75 Å². The number of aliphatic carboxylic acids is 1. The first-order valence-electron chi connectivity index (χ1n) is 5.87. The van der Waals surface area contributed by atoms with Crippen molar-refractivity contribution in [2.45, 2.75) is 12.8 Å². The van der Waals surface area contributed by atoms with Crippen molar-refractivity contribution in [3.8, 4) is 5.75 Å². The highest BCUT2D eigenvalue weighted by molar-refractivity contribution is 6.31. The average molecular weight is 341 g/mol. The van der Waals surface area contributed by atoms with E-state index >= 15 is 0 Å². The van der Waals surface area contributed by atoms with Crippen molar-refractivity contribution < 1.29 is 32.6 Å². The van der Waals surface area contributed by atoms with E-state index in [9.17, 15) is 22.8 Å². The number of ether oxygens (including phenoxy) is 1. The third kappa shape index (κ3) is 6.08. The molecule has 0 spiro atoms. The Bertz CT molecular complexity index is 566. The van der Waals surface area contributed by atoms with E-state index in [1.807, 2.05) is 0 Å². The summed E-state index contributed by atoms with van der Waals surface area (Å²) in [6, 6.07) is 2.43. The Labute approximate surface area is 128 Å². The second-order valence-corrected chi connectivity index (χ2v) is 4.62. The minimum Gasteiger partial charge on any atom is -0.481 e. The molecule has 1 rings (SSSR count). The molecule has 0 aromatic heterocycles. The van der Waals surface area contributed by atoms with Gasteiger partial charge in [0.1, 0.15) is 0 Å². The summed E-state index contributed by atoms with van der Waals surface area (Å²) in [5.74, 6) is -1.74. The van der Waals surface area contributed by atoms with Gasteiger partial charge in [-0.05, 0) is 18.2 Å². The zero-order valence-electron chi connectivity index (χ0n) is 11.3. The largest absolute Gasteiger partial charge is 0.573 e. The van der Waals surface area contributed by atoms with Crippen molar-refractivity contribution in [3.05, 3.63) is 23.2 Å². The second kappa shape index (κ2) is 7.21. The second-order valence-electron chi connectivity index (χ2n) is 4.18. The lowest BCUT2D eigenvalue weighted by atomic mass is 10.3. The first-order valence-corrected chi connectivity index (χ1v) is 6.25. The standard InChI is InChI=1S/C12H12ClF3N2O4/c1-18(5-4-10(19)20)11(21)17-8-6-7(13)2-3-9(8)22-12(14,15)16/h2-3,6H,4-5H2,1H3,(H,17,21)(H,19,20). The molecule has 0 unspecified atom stereocenters. The molecule has 0 saturated heterocycles. The van der Waals surface area contributed by atoms with Gasteiger partial charge in [-0.15, -0.1) is 13.2 Å². The fourth-order valence-corrected chi connectivity index (χ4v) is 1.56. The van der Waals surface area contributed by atoms with Gasteiger partial charge in [-0.2, -0.15) is 0 Å². The van der Waals surface area contributed by atoms with Gasteiger partial charge in [-0.25, -0.2) is 4.79 Å². The molecule has 0 atom stereocenters. The monoisotopic (exact) mass is 340 g/mol. The number of anilines is 1. The number of nitrogens with one attached hydrogen (secondary N) is 1. The SMILES string of the molecule is CN(CCC(=O)O)C(=O)Nc1cc(Cl)ccc1OC(F)(F)F. The molecule has 0 fully saturated rings. The molecule has 0 aliphatic carbocycles. The Morgan fingerprint density at radius 1 is 1.41 bits per heavy atom. The lowest BCUT2D eigenvalue weighted by Gasteiger charge is -2.19. The van der Waals surface area contributed by atoms with E-state index in [2.05, 4.69) is 10.1 Å². The number of amides is 2. The van der Waals surface area contributed by atoms with Crippen LogP contribution in [0.1, 0.15) is 6.42 Å². The van der Waals surface area contributed by atoms with Gasteiger partial charge in [-0.3, -0.25) is 4.79 Å². The van der Waals surface area contributed by atoms with E-state index < -0.39 is 24.1 Å². The van der Waals surface area contributed by atoms with Crippen LogP contribution in [-0.2, 0) is 4.79 Å². The van der Waals surface area contributed by atoms with Crippen LogP contribution >= 0.6 is 11.6 Å². The van der Waals surface area contributed by atoms with Gasteiger partial charge < -0.3 is 20.1 Å². The summed E-state index contributed by atoms with van der Waals surface area (Å²) in [6.07, 6.45) is -5.23. The summed E-state index contributed by atoms with van der Waals surface area (Å²) in [4.78, 5) is 23.2. The zero-order chi connectivity index (χ0) is 16.9. The predicted molar refractivity (Wildman–Crippen MR) is 72.0 cm³/mol. The molecule has 1 aromatic rings. The molecule has 2 amide bonds. The Kier molecular flexibility index (Phi) is 5.86. The molecule has 0 aliphatic rings. The van der Waals surface area contributed by atoms with Gasteiger partial charge in [0.2, 0.25) is 0 Å². The quantitative estimate of drug-likeness (QED) is 0.863. The minimum absolute atomic E-state index is 0.0954. The van der Waals surface area contributed by atoms with Crippen LogP contribution in [0.2, 0.25) is 5.02 Å². The van der Waals surface area contributed by atoms with E-state index in [0.717, 1.165) is 17.0 Å². The highest BCUT2D eigenvalue weighted by atomic mass is 35.5. The molecular formula is C12H12ClF3N2O4. The van der Waals surface area contributed by atoms with Crippen LogP contribution in [0.3, 0.4) is 0 Å². The molecule has 2 N–H and O–H groups in total. The van der Waals surface area contributed by atoms with E-state index in [1.165, 1.54) is 13.1 Å². The molecule has 0 aliphatic heterocycles. The summed E-state index contributed by atoms with van der Waals surface area (Å²) in [7, 11) is 1.30. The number of rotatable bonds is 5. The fourth-order valence-electron chi connectivity index (χ4n) is 1.39. The lowest BCUT2D eigenvalue weighted by Crippen LogP contribution is -2.33. The molecule has 10 heteroatoms. The highest BCUT2D eigenvalue weighted by Crippen LogP contribution is 2.32. The molecule has 0 saturated carbocycles. The molecular weight excluding hydrogens is 329 g/mol. The third-order valence-electron chi connectivity index (χ3n) is 2.42. The van der Waals surface area contributed by atoms with Gasteiger partial charge >= 0.3 is 18.4 Å². The third-order valence-corrected chi connectivity index (χ3v) is 2.65. The molecule has 6 nitrogen and oxygen atoms in total. The van der Waals surface area contributed by atoms with Crippen LogP contribution in [0.4, 0.5) is 23.7 Å². The predicted octanol–water partition coefficient (Wildman–Crippen LogP) is 3.18. The van der Waals surface area contributed by atoms with Crippen molar-refractivity contribution in [3.63, 3.8) is 0 Å². The first-order chi connectivity index (χ1) is 10.1. The zero-order valence-corrected chi connectivity index (χ0v) is 12.0. The number of nitrogens with zero attached hydrogens (tertiary/aromatic N) is 1. The maximum absolute atomic E-state index is 12.3. The summed E-state index contributed by atoms with van der Waals surface area (Å²) >= 11 is 5.67. The van der Waals surface area contributed by atoms with Gasteiger partial charge in [0, 0.05) is 18.6 Å². The number of carbonyl (C=O) groups excluding carboxylic acids is 1. The molecule has 0 bridgehead atoms. The topological polar surface area (TPSA) is 78.9 Å². The number of carboxylic acid groups (broad SMARTS) is 1. The maximum atomic E-state index is 12.3. The number of alkyl halides is 3. The van der Waals surface area contributed by atoms with Crippen LogP contribution < -0.4 is 10.1 Å². The molecule has 0 radical (unpaired) electrons. The maximum Gasteiger partial charge on any atom is 0.573 e. The summed E-state index contributed by atoms with van der Waals surface area (Å²) < 4.78 is 40.6. The van der Waals surface area contributed by atoms with Crippen molar-refractivity contribution >= 4 is 29.3 Å². The van der Waals surface area contributed by atoms with Crippen molar-refractivity contribution in [2.75, 3.05) is 18.9 Å². The summed E-state index contributed by atoms with van der Waals surface area (Å²) in [5, 5.41) is 10.8. The normalized spacial score (nSPS) is 11.0. The number of benzene rings is 1. The Hall–Kier alpha value is -2.16. The van der Waals surface area contributed by atoms with E-state index in [-0.39, 0.29) is 23.7 Å². The highest BCUT2D eigenvalue weighted by Gasteiger charge is 2.32. The Morgan fingerprint density at radius 3 is 2.59 bits per heavy atom. The van der Waals surface area contributed by atoms with Crippen molar-refractivity contribution in [1.82, 2.24) is 4.90 Å². The van der Waals surface area contributed by atoms with E-state index in [0.29, 0.717) is 0 Å². The minimum atomic E-state index is -4.93. The number of halogens is 4. The van der Waals surface area contributed by atoms with Crippen molar-refractivity contribution in [2.24, 2.45) is 0 Å². The Morgan fingerprint density at radius 2 is 2.05 bits per heavy atom. The number of hydrogen-bond acceptors (Lipinski definition) is 3. The van der Waals surface area contributed by atoms with Crippen LogP contribution in [-0.4, -0.2) is 42.0 Å². The molecule has 122 valence electrons. The van der Waals surface area contributed by atoms with Crippen LogP contribution in [0.25, 0.3) is 0 Å². The summed E-state index contributed by atoms with van der Waals surface area (Å²) in [6.45, 7) is -0.114.